The Kier molecular flexibility index (Phi) is 5.09. The summed E-state index contributed by atoms with van der Waals surface area (Å²) in [6, 6.07) is 3.65. The van der Waals surface area contributed by atoms with Crippen molar-refractivity contribution < 1.29 is 14.3 Å². The predicted molar refractivity (Wildman–Crippen MR) is 66.4 cm³/mol. The Morgan fingerprint density at radius 3 is 2.62 bits per heavy atom. The number of ether oxygens (including phenoxy) is 2. The van der Waals surface area contributed by atoms with Crippen LogP contribution in [0.3, 0.4) is 0 Å². The van der Waals surface area contributed by atoms with E-state index in [0.717, 1.165) is 5.56 Å². The number of hydrogen-bond donors (Lipinski definition) is 0. The lowest BCUT2D eigenvalue weighted by molar-refractivity contribution is -0.139. The number of hydrogen-bond acceptors (Lipinski definition) is 3. The third-order valence-corrected chi connectivity index (χ3v) is 3.12. The van der Waals surface area contributed by atoms with Crippen LogP contribution >= 0.6 is 27.5 Å². The minimum atomic E-state index is -0.341. The predicted octanol–water partition coefficient (Wildman–Crippen LogP) is 2.96. The van der Waals surface area contributed by atoms with Crippen LogP contribution in [0, 0.1) is 0 Å². The topological polar surface area (TPSA) is 35.5 Å². The summed E-state index contributed by atoms with van der Waals surface area (Å²) in [5.74, 6) is 0.263. The maximum atomic E-state index is 11.2. The number of carbonyl (C=O) groups is 1. The van der Waals surface area contributed by atoms with E-state index in [2.05, 4.69) is 20.7 Å². The fraction of sp³-hybridized carbons (Fsp3) is 0.364. The molecule has 0 radical (unpaired) electrons. The molecule has 0 bridgehead atoms. The highest BCUT2D eigenvalue weighted by atomic mass is 79.9. The van der Waals surface area contributed by atoms with Crippen molar-refractivity contribution >= 4 is 33.5 Å². The monoisotopic (exact) mass is 306 g/mol. The van der Waals surface area contributed by atoms with E-state index in [4.69, 9.17) is 16.3 Å². The number of alkyl halides is 1. The van der Waals surface area contributed by atoms with E-state index < -0.39 is 0 Å². The van der Waals surface area contributed by atoms with Crippen molar-refractivity contribution in [3.05, 3.63) is 28.3 Å². The first-order chi connectivity index (χ1) is 7.62. The van der Waals surface area contributed by atoms with Crippen LogP contribution in [0.15, 0.2) is 12.1 Å². The normalized spacial score (nSPS) is 10.0. The van der Waals surface area contributed by atoms with Gasteiger partial charge in [0.1, 0.15) is 5.75 Å². The van der Waals surface area contributed by atoms with E-state index >= 15 is 0 Å². The Labute approximate surface area is 108 Å². The van der Waals surface area contributed by atoms with Gasteiger partial charge in [0.15, 0.2) is 0 Å². The fourth-order valence-electron chi connectivity index (χ4n) is 1.31. The van der Waals surface area contributed by atoms with E-state index in [1.54, 1.807) is 13.2 Å². The molecule has 1 rings (SSSR count). The van der Waals surface area contributed by atoms with E-state index in [1.807, 2.05) is 6.07 Å². The molecule has 1 aromatic rings. The SMILES string of the molecule is COC(=O)Cc1c(Cl)cc(CBr)cc1OC. The van der Waals surface area contributed by atoms with Crippen molar-refractivity contribution in [1.82, 2.24) is 0 Å². The molecule has 0 N–H and O–H groups in total. The summed E-state index contributed by atoms with van der Waals surface area (Å²) in [5, 5.41) is 1.20. The molecule has 0 saturated heterocycles. The van der Waals surface area contributed by atoms with Gasteiger partial charge in [-0.3, -0.25) is 4.79 Å². The van der Waals surface area contributed by atoms with Crippen LogP contribution in [0.4, 0.5) is 0 Å². The minimum absolute atomic E-state index is 0.112. The summed E-state index contributed by atoms with van der Waals surface area (Å²) in [6.07, 6.45) is 0.112. The quantitative estimate of drug-likeness (QED) is 0.634. The number of esters is 1. The molecule has 1 aromatic carbocycles. The van der Waals surface area contributed by atoms with Crippen molar-refractivity contribution in [3.63, 3.8) is 0 Å². The average Bonchev–Trinajstić information content (AvgIpc) is 2.30. The fourth-order valence-corrected chi connectivity index (χ4v) is 1.94. The molecule has 0 spiro atoms. The molecule has 0 amide bonds. The third kappa shape index (κ3) is 3.12. The average molecular weight is 308 g/mol. The summed E-state index contributed by atoms with van der Waals surface area (Å²) in [5.41, 5.74) is 1.65. The van der Waals surface area contributed by atoms with Gasteiger partial charge < -0.3 is 9.47 Å². The molecular formula is C11H12BrClO3. The van der Waals surface area contributed by atoms with Gasteiger partial charge in [0, 0.05) is 15.9 Å². The van der Waals surface area contributed by atoms with Crippen molar-refractivity contribution in [2.45, 2.75) is 11.8 Å². The first-order valence-corrected chi connectivity index (χ1v) is 6.10. The maximum absolute atomic E-state index is 11.2. The zero-order chi connectivity index (χ0) is 12.1. The lowest BCUT2D eigenvalue weighted by Crippen LogP contribution is -2.07. The van der Waals surface area contributed by atoms with Crippen LogP contribution in [0.2, 0.25) is 5.02 Å². The Morgan fingerprint density at radius 2 is 2.12 bits per heavy atom. The van der Waals surface area contributed by atoms with Crippen molar-refractivity contribution in [2.24, 2.45) is 0 Å². The second-order valence-corrected chi connectivity index (χ2v) is 4.11. The summed E-state index contributed by atoms with van der Waals surface area (Å²) in [4.78, 5) is 11.2. The highest BCUT2D eigenvalue weighted by molar-refractivity contribution is 9.08. The van der Waals surface area contributed by atoms with Gasteiger partial charge in [-0.2, -0.15) is 0 Å². The smallest absolute Gasteiger partial charge is 0.310 e. The number of carbonyl (C=O) groups excluding carboxylic acids is 1. The van der Waals surface area contributed by atoms with Crippen LogP contribution < -0.4 is 4.74 Å². The first-order valence-electron chi connectivity index (χ1n) is 4.60. The van der Waals surface area contributed by atoms with Gasteiger partial charge >= 0.3 is 5.97 Å². The van der Waals surface area contributed by atoms with Crippen LogP contribution in [0.5, 0.6) is 5.75 Å². The van der Waals surface area contributed by atoms with E-state index in [1.165, 1.54) is 7.11 Å². The van der Waals surface area contributed by atoms with Crippen LogP contribution in [0.1, 0.15) is 11.1 Å². The van der Waals surface area contributed by atoms with Gasteiger partial charge in [-0.1, -0.05) is 27.5 Å². The first kappa shape index (κ1) is 13.3. The number of benzene rings is 1. The van der Waals surface area contributed by atoms with Crippen molar-refractivity contribution in [2.75, 3.05) is 14.2 Å². The molecule has 0 aromatic heterocycles. The Bertz CT molecular complexity index is 393. The van der Waals surface area contributed by atoms with Gasteiger partial charge in [-0.15, -0.1) is 0 Å². The van der Waals surface area contributed by atoms with E-state index in [9.17, 15) is 4.79 Å². The van der Waals surface area contributed by atoms with Crippen LogP contribution in [0.25, 0.3) is 0 Å². The Balaban J connectivity index is 3.11. The van der Waals surface area contributed by atoms with Crippen molar-refractivity contribution in [3.8, 4) is 5.75 Å². The summed E-state index contributed by atoms with van der Waals surface area (Å²) in [7, 11) is 2.89. The molecule has 0 aliphatic rings. The second-order valence-electron chi connectivity index (χ2n) is 3.14. The maximum Gasteiger partial charge on any atom is 0.310 e. The molecule has 88 valence electrons. The molecular weight excluding hydrogens is 295 g/mol. The zero-order valence-corrected chi connectivity index (χ0v) is 11.4. The van der Waals surface area contributed by atoms with E-state index in [0.29, 0.717) is 21.7 Å². The van der Waals surface area contributed by atoms with E-state index in [-0.39, 0.29) is 12.4 Å². The standard InChI is InChI=1S/C11H12BrClO3/c1-15-10-4-7(6-12)3-9(13)8(10)5-11(14)16-2/h3-4H,5-6H2,1-2H3. The minimum Gasteiger partial charge on any atom is -0.496 e. The molecule has 0 aliphatic carbocycles. The van der Waals surface area contributed by atoms with Crippen LogP contribution in [-0.4, -0.2) is 20.2 Å². The molecule has 5 heteroatoms. The van der Waals surface area contributed by atoms with Crippen LogP contribution in [-0.2, 0) is 21.3 Å². The number of halogens is 2. The molecule has 0 atom stereocenters. The number of rotatable bonds is 4. The van der Waals surface area contributed by atoms with Gasteiger partial charge in [0.05, 0.1) is 20.6 Å². The lowest BCUT2D eigenvalue weighted by Gasteiger charge is -2.11. The molecule has 0 saturated carbocycles. The second kappa shape index (κ2) is 6.11. The molecule has 0 unspecified atom stereocenters. The molecule has 16 heavy (non-hydrogen) atoms. The third-order valence-electron chi connectivity index (χ3n) is 2.14. The lowest BCUT2D eigenvalue weighted by atomic mass is 10.1. The number of methoxy groups -OCH3 is 2. The highest BCUT2D eigenvalue weighted by Crippen LogP contribution is 2.30. The molecule has 0 heterocycles. The zero-order valence-electron chi connectivity index (χ0n) is 9.05. The summed E-state index contributed by atoms with van der Waals surface area (Å²) < 4.78 is 9.80. The van der Waals surface area contributed by atoms with Gasteiger partial charge in [0.25, 0.3) is 0 Å². The highest BCUT2D eigenvalue weighted by Gasteiger charge is 2.14. The largest absolute Gasteiger partial charge is 0.496 e. The van der Waals surface area contributed by atoms with Gasteiger partial charge in [-0.25, -0.2) is 0 Å². The van der Waals surface area contributed by atoms with Gasteiger partial charge in [-0.05, 0) is 17.7 Å². The van der Waals surface area contributed by atoms with Gasteiger partial charge in [0.2, 0.25) is 0 Å². The molecule has 3 nitrogen and oxygen atoms in total. The molecule has 0 fully saturated rings. The Morgan fingerprint density at radius 1 is 1.44 bits per heavy atom. The van der Waals surface area contributed by atoms with Crippen molar-refractivity contribution in [1.29, 1.82) is 0 Å². The summed E-state index contributed by atoms with van der Waals surface area (Å²) >= 11 is 9.42. The Hall–Kier alpha value is -0.740. The molecule has 0 aliphatic heterocycles. The summed E-state index contributed by atoms with van der Waals surface area (Å²) in [6.45, 7) is 0.